The number of fused-ring (bicyclic) bond motifs is 1. The average Bonchev–Trinajstić information content (AvgIpc) is 2.49. The van der Waals surface area contributed by atoms with Crippen molar-refractivity contribution in [1.82, 2.24) is 0 Å². The lowest BCUT2D eigenvalue weighted by Crippen LogP contribution is -2.06. The zero-order valence-electron chi connectivity index (χ0n) is 8.23. The van der Waals surface area contributed by atoms with Gasteiger partial charge in [0.15, 0.2) is 0 Å². The van der Waals surface area contributed by atoms with E-state index in [0.29, 0.717) is 11.3 Å². The summed E-state index contributed by atoms with van der Waals surface area (Å²) in [5.74, 6) is 0.977. The van der Waals surface area contributed by atoms with Gasteiger partial charge in [-0.15, -0.1) is 0 Å². The maximum Gasteiger partial charge on any atom is 0.334 e. The van der Waals surface area contributed by atoms with Gasteiger partial charge >= 0.3 is 5.97 Å². The third-order valence-electron chi connectivity index (χ3n) is 2.06. The third kappa shape index (κ3) is 2.15. The number of hydrogen-bond donors (Lipinski definition) is 0. The lowest BCUT2D eigenvalue weighted by atomic mass is 10.1. The number of esters is 1. The highest BCUT2D eigenvalue weighted by molar-refractivity contribution is 7.95. The highest BCUT2D eigenvalue weighted by atomic mass is 32.2. The Labute approximate surface area is 92.3 Å². The van der Waals surface area contributed by atoms with Gasteiger partial charge in [-0.2, -0.15) is 0 Å². The van der Waals surface area contributed by atoms with Crippen LogP contribution >= 0.6 is 12.0 Å². The molecular formula is C11H10O3S. The van der Waals surface area contributed by atoms with Crippen LogP contribution in [-0.4, -0.2) is 18.8 Å². The lowest BCUT2D eigenvalue weighted by Gasteiger charge is -2.01. The predicted octanol–water partition coefficient (Wildman–Crippen LogP) is 2.28. The van der Waals surface area contributed by atoms with Crippen LogP contribution in [0.25, 0.3) is 6.08 Å². The fraction of sp³-hybridized carbons (Fsp3) is 0.182. The van der Waals surface area contributed by atoms with Gasteiger partial charge in [-0.05, 0) is 12.1 Å². The van der Waals surface area contributed by atoms with E-state index in [2.05, 4.69) is 4.74 Å². The normalized spacial score (nSPS) is 14.3. The quantitative estimate of drug-likeness (QED) is 0.539. The van der Waals surface area contributed by atoms with Crippen molar-refractivity contribution in [3.8, 4) is 5.75 Å². The zero-order chi connectivity index (χ0) is 10.7. The molecule has 0 N–H and O–H groups in total. The molecule has 0 amide bonds. The molecule has 0 aromatic heterocycles. The number of methoxy groups -OCH3 is 1. The predicted molar refractivity (Wildman–Crippen MR) is 59.5 cm³/mol. The molecule has 0 unspecified atom stereocenters. The van der Waals surface area contributed by atoms with Crippen molar-refractivity contribution in [3.63, 3.8) is 0 Å². The fourth-order valence-electron chi connectivity index (χ4n) is 1.31. The van der Waals surface area contributed by atoms with Gasteiger partial charge in [-0.1, -0.05) is 18.2 Å². The van der Waals surface area contributed by atoms with Gasteiger partial charge in [0, 0.05) is 5.56 Å². The van der Waals surface area contributed by atoms with Crippen molar-refractivity contribution in [2.24, 2.45) is 0 Å². The number of rotatable bonds is 1. The molecule has 0 fully saturated rings. The highest BCUT2D eigenvalue weighted by Gasteiger charge is 2.15. The molecule has 0 saturated heterocycles. The van der Waals surface area contributed by atoms with Crippen molar-refractivity contribution in [3.05, 3.63) is 35.4 Å². The molecule has 0 atom stereocenters. The van der Waals surface area contributed by atoms with Crippen LogP contribution in [0.15, 0.2) is 29.8 Å². The maximum atomic E-state index is 11.4. The Morgan fingerprint density at radius 3 is 3.07 bits per heavy atom. The molecule has 2 rings (SSSR count). The summed E-state index contributed by atoms with van der Waals surface area (Å²) < 4.78 is 10.1. The van der Waals surface area contributed by atoms with Crippen molar-refractivity contribution in [1.29, 1.82) is 0 Å². The number of carbonyl (C=O) groups excluding carboxylic acids is 1. The SMILES string of the molecule is COC(=O)C1=Cc2ccccc2OSC1. The van der Waals surface area contributed by atoms with Gasteiger partial charge in [0.05, 0.1) is 30.5 Å². The summed E-state index contributed by atoms with van der Waals surface area (Å²) in [6, 6.07) is 7.59. The smallest absolute Gasteiger partial charge is 0.334 e. The fourth-order valence-corrected chi connectivity index (χ4v) is 1.98. The van der Waals surface area contributed by atoms with Gasteiger partial charge in [0.25, 0.3) is 0 Å². The van der Waals surface area contributed by atoms with Crippen molar-refractivity contribution < 1.29 is 13.7 Å². The molecule has 0 aliphatic carbocycles. The number of hydrogen-bond acceptors (Lipinski definition) is 4. The van der Waals surface area contributed by atoms with Crippen LogP contribution in [0.1, 0.15) is 5.56 Å². The van der Waals surface area contributed by atoms with Crippen LogP contribution in [0.5, 0.6) is 5.75 Å². The maximum absolute atomic E-state index is 11.4. The van der Waals surface area contributed by atoms with E-state index >= 15 is 0 Å². The molecule has 1 aromatic rings. The third-order valence-corrected chi connectivity index (χ3v) is 2.79. The van der Waals surface area contributed by atoms with Gasteiger partial charge in [0.2, 0.25) is 0 Å². The van der Waals surface area contributed by atoms with E-state index < -0.39 is 0 Å². The molecule has 0 saturated carbocycles. The molecular weight excluding hydrogens is 212 g/mol. The number of para-hydroxylation sites is 1. The van der Waals surface area contributed by atoms with Crippen LogP contribution in [-0.2, 0) is 9.53 Å². The Bertz CT molecular complexity index is 412. The monoisotopic (exact) mass is 222 g/mol. The van der Waals surface area contributed by atoms with Crippen LogP contribution in [0, 0.1) is 0 Å². The number of carbonyl (C=O) groups is 1. The van der Waals surface area contributed by atoms with Crippen molar-refractivity contribution in [2.45, 2.75) is 0 Å². The van der Waals surface area contributed by atoms with Gasteiger partial charge < -0.3 is 8.92 Å². The minimum atomic E-state index is -0.303. The van der Waals surface area contributed by atoms with Crippen molar-refractivity contribution in [2.75, 3.05) is 12.9 Å². The van der Waals surface area contributed by atoms with E-state index in [1.165, 1.54) is 19.2 Å². The Morgan fingerprint density at radius 1 is 1.47 bits per heavy atom. The topological polar surface area (TPSA) is 35.5 Å². The van der Waals surface area contributed by atoms with Gasteiger partial charge in [0.1, 0.15) is 5.75 Å². The second kappa shape index (κ2) is 4.40. The molecule has 1 aliphatic heterocycles. The average molecular weight is 222 g/mol. The minimum Gasteiger partial charge on any atom is -0.466 e. The molecule has 15 heavy (non-hydrogen) atoms. The number of benzene rings is 1. The minimum absolute atomic E-state index is 0.303. The summed E-state index contributed by atoms with van der Waals surface area (Å²) in [4.78, 5) is 11.4. The summed E-state index contributed by atoms with van der Waals surface area (Å²) in [6.45, 7) is 0. The van der Waals surface area contributed by atoms with E-state index in [1.54, 1.807) is 6.08 Å². The first-order chi connectivity index (χ1) is 7.31. The standard InChI is InChI=1S/C11H10O3S/c1-13-11(12)9-6-8-4-2-3-5-10(8)14-15-7-9/h2-6H,7H2,1H3. The molecule has 4 heteroatoms. The largest absolute Gasteiger partial charge is 0.466 e. The second-order valence-electron chi connectivity index (χ2n) is 3.04. The van der Waals surface area contributed by atoms with Gasteiger partial charge in [-0.3, -0.25) is 0 Å². The molecule has 1 aliphatic rings. The van der Waals surface area contributed by atoms with E-state index in [4.69, 9.17) is 4.18 Å². The van der Waals surface area contributed by atoms with E-state index in [1.807, 2.05) is 24.3 Å². The first-order valence-electron chi connectivity index (χ1n) is 4.48. The highest BCUT2D eigenvalue weighted by Crippen LogP contribution is 2.29. The molecule has 1 heterocycles. The summed E-state index contributed by atoms with van der Waals surface area (Å²) in [5.41, 5.74) is 1.52. The van der Waals surface area contributed by atoms with E-state index in [-0.39, 0.29) is 5.97 Å². The first kappa shape index (κ1) is 10.1. The summed E-state index contributed by atoms with van der Waals surface area (Å²) in [6.07, 6.45) is 1.81. The Balaban J connectivity index is 2.38. The molecule has 0 radical (unpaired) electrons. The Kier molecular flexibility index (Phi) is 2.97. The van der Waals surface area contributed by atoms with Gasteiger partial charge in [-0.25, -0.2) is 4.79 Å². The van der Waals surface area contributed by atoms with Crippen molar-refractivity contribution >= 4 is 24.1 Å². The van der Waals surface area contributed by atoms with Crippen LogP contribution < -0.4 is 4.18 Å². The lowest BCUT2D eigenvalue weighted by molar-refractivity contribution is -0.135. The van der Waals surface area contributed by atoms with Crippen LogP contribution in [0.2, 0.25) is 0 Å². The second-order valence-corrected chi connectivity index (χ2v) is 3.74. The Hall–Kier alpha value is -1.42. The summed E-state index contributed by atoms with van der Waals surface area (Å²) >= 11 is 1.24. The van der Waals surface area contributed by atoms with E-state index in [0.717, 1.165) is 11.3 Å². The molecule has 0 spiro atoms. The van der Waals surface area contributed by atoms with Crippen LogP contribution in [0.4, 0.5) is 0 Å². The van der Waals surface area contributed by atoms with E-state index in [9.17, 15) is 4.79 Å². The zero-order valence-corrected chi connectivity index (χ0v) is 9.04. The molecule has 0 bridgehead atoms. The molecule has 1 aromatic carbocycles. The summed E-state index contributed by atoms with van der Waals surface area (Å²) in [7, 11) is 1.38. The first-order valence-corrected chi connectivity index (χ1v) is 5.39. The molecule has 3 nitrogen and oxygen atoms in total. The van der Waals surface area contributed by atoms with Crippen LogP contribution in [0.3, 0.4) is 0 Å². The number of ether oxygens (including phenoxy) is 1. The summed E-state index contributed by atoms with van der Waals surface area (Å²) in [5, 5.41) is 0. The Morgan fingerprint density at radius 2 is 2.27 bits per heavy atom. The molecule has 78 valence electrons.